The van der Waals surface area contributed by atoms with E-state index in [-0.39, 0.29) is 0 Å². The summed E-state index contributed by atoms with van der Waals surface area (Å²) in [7, 11) is -2.99. The molecule has 2 aromatic carbocycles. The number of nitrogens with two attached hydrogens (primary N) is 1. The van der Waals surface area contributed by atoms with E-state index in [2.05, 4.69) is 6.30 Å². The monoisotopic (exact) mass is 275 g/mol. The summed E-state index contributed by atoms with van der Waals surface area (Å²) >= 11 is 0. The SMILES string of the molecule is C=P(O)([C@H](O)c1ccccc1)[C@@H](N)c1ccccc1. The van der Waals surface area contributed by atoms with Crippen LogP contribution in [-0.2, 0) is 0 Å². The molecule has 2 rings (SSSR count). The molecule has 100 valence electrons. The van der Waals surface area contributed by atoms with Gasteiger partial charge >= 0.3 is 0 Å². The number of benzene rings is 2. The maximum atomic E-state index is 10.6. The summed E-state index contributed by atoms with van der Waals surface area (Å²) in [5.41, 5.74) is 7.51. The Morgan fingerprint density at radius 3 is 1.79 bits per heavy atom. The highest BCUT2D eigenvalue weighted by Gasteiger charge is 2.30. The molecule has 0 heterocycles. The Labute approximate surface area is 113 Å². The molecule has 0 spiro atoms. The van der Waals surface area contributed by atoms with Gasteiger partial charge in [-0.15, -0.1) is 0 Å². The summed E-state index contributed by atoms with van der Waals surface area (Å²) in [6.45, 7) is 0. The molecule has 2 aromatic rings. The largest absolute Gasteiger partial charge is 0.382 e. The number of aliphatic hydroxyl groups is 1. The molecule has 0 saturated heterocycles. The number of aliphatic hydroxyl groups excluding tert-OH is 1. The second kappa shape index (κ2) is 5.72. The number of hydrogen-bond donors (Lipinski definition) is 3. The van der Waals surface area contributed by atoms with E-state index in [9.17, 15) is 10.00 Å². The molecule has 3 atom stereocenters. The maximum Gasteiger partial charge on any atom is 0.122 e. The lowest BCUT2D eigenvalue weighted by molar-refractivity contribution is 0.248. The fraction of sp³-hybridized carbons (Fsp3) is 0.133. The molecule has 0 amide bonds. The lowest BCUT2D eigenvalue weighted by Gasteiger charge is -2.30. The van der Waals surface area contributed by atoms with Crippen molar-refractivity contribution < 1.29 is 10.00 Å². The maximum absolute atomic E-state index is 10.6. The van der Waals surface area contributed by atoms with Gasteiger partial charge in [-0.1, -0.05) is 67.0 Å². The van der Waals surface area contributed by atoms with Crippen LogP contribution in [0.4, 0.5) is 0 Å². The second-order valence-corrected chi connectivity index (χ2v) is 7.35. The van der Waals surface area contributed by atoms with Crippen molar-refractivity contribution in [3.63, 3.8) is 0 Å². The van der Waals surface area contributed by atoms with E-state index in [4.69, 9.17) is 5.73 Å². The van der Waals surface area contributed by atoms with Crippen LogP contribution >= 0.6 is 7.11 Å². The molecular weight excluding hydrogens is 257 g/mol. The van der Waals surface area contributed by atoms with Gasteiger partial charge in [0.25, 0.3) is 0 Å². The van der Waals surface area contributed by atoms with Gasteiger partial charge < -0.3 is 15.7 Å². The summed E-state index contributed by atoms with van der Waals surface area (Å²) in [6.07, 6.45) is 3.81. The smallest absolute Gasteiger partial charge is 0.122 e. The van der Waals surface area contributed by atoms with Crippen molar-refractivity contribution in [2.45, 2.75) is 11.6 Å². The van der Waals surface area contributed by atoms with Crippen molar-refractivity contribution >= 4 is 13.4 Å². The molecule has 0 radical (unpaired) electrons. The van der Waals surface area contributed by atoms with Crippen LogP contribution in [0.2, 0.25) is 0 Å². The predicted molar refractivity (Wildman–Crippen MR) is 81.0 cm³/mol. The van der Waals surface area contributed by atoms with Crippen molar-refractivity contribution in [1.82, 2.24) is 0 Å². The molecule has 19 heavy (non-hydrogen) atoms. The molecule has 1 unspecified atom stereocenters. The van der Waals surface area contributed by atoms with Gasteiger partial charge in [-0.25, -0.2) is 0 Å². The van der Waals surface area contributed by atoms with Crippen molar-refractivity contribution in [2.75, 3.05) is 0 Å². The quantitative estimate of drug-likeness (QED) is 0.752. The summed E-state index contributed by atoms with van der Waals surface area (Å²) in [6, 6.07) is 18.2. The summed E-state index contributed by atoms with van der Waals surface area (Å²) in [5, 5.41) is 10.3. The van der Waals surface area contributed by atoms with Gasteiger partial charge in [0.05, 0.1) is 5.78 Å². The van der Waals surface area contributed by atoms with E-state index < -0.39 is 18.7 Å². The minimum atomic E-state index is -2.99. The van der Waals surface area contributed by atoms with Gasteiger partial charge in [0.1, 0.15) is 5.85 Å². The zero-order valence-corrected chi connectivity index (χ0v) is 11.4. The van der Waals surface area contributed by atoms with Gasteiger partial charge in [0.15, 0.2) is 0 Å². The minimum absolute atomic E-state index is 0.639. The molecule has 4 heteroatoms. The molecule has 4 N–H and O–H groups in total. The average Bonchev–Trinajstić information content (AvgIpc) is 2.47. The third kappa shape index (κ3) is 2.96. The molecular formula is C15H18NO2P. The molecule has 0 aromatic heterocycles. The molecule has 0 aliphatic rings. The molecule has 0 bridgehead atoms. The fourth-order valence-corrected chi connectivity index (χ4v) is 3.62. The van der Waals surface area contributed by atoms with Gasteiger partial charge in [-0.05, 0) is 11.1 Å². The van der Waals surface area contributed by atoms with Crippen LogP contribution < -0.4 is 5.73 Å². The first-order valence-corrected chi connectivity index (χ1v) is 8.09. The Hall–Kier alpha value is -1.38. The third-order valence-corrected chi connectivity index (χ3v) is 5.55. The van der Waals surface area contributed by atoms with E-state index >= 15 is 0 Å². The van der Waals surface area contributed by atoms with Crippen LogP contribution in [0.3, 0.4) is 0 Å². The van der Waals surface area contributed by atoms with Crippen LogP contribution in [0.1, 0.15) is 22.8 Å². The molecule has 0 aliphatic carbocycles. The number of rotatable bonds is 4. The molecule has 3 nitrogen and oxygen atoms in total. The van der Waals surface area contributed by atoms with E-state index in [1.165, 1.54) is 0 Å². The standard InChI is InChI=1S/C15H18NO2P/c1-19(18,14(16)12-8-4-2-5-9-12)15(17)13-10-6-3-7-11-13/h2-11,14-15,17-18H,1,16H2/t14-,15+,19?/m1/s1. The first-order valence-electron chi connectivity index (χ1n) is 6.02. The van der Waals surface area contributed by atoms with Gasteiger partial charge in [0.2, 0.25) is 0 Å². The van der Waals surface area contributed by atoms with Gasteiger partial charge in [-0.3, -0.25) is 0 Å². The van der Waals surface area contributed by atoms with E-state index in [0.717, 1.165) is 5.56 Å². The van der Waals surface area contributed by atoms with E-state index in [0.29, 0.717) is 5.56 Å². The third-order valence-electron chi connectivity index (χ3n) is 3.14. The lowest BCUT2D eigenvalue weighted by atomic mass is 10.2. The Balaban J connectivity index is 2.30. The highest BCUT2D eigenvalue weighted by molar-refractivity contribution is 7.68. The molecule has 0 saturated carbocycles. The normalized spacial score (nSPS) is 17.4. The van der Waals surface area contributed by atoms with Gasteiger partial charge in [-0.2, -0.15) is 0 Å². The Kier molecular flexibility index (Phi) is 4.23. The van der Waals surface area contributed by atoms with Crippen molar-refractivity contribution in [1.29, 1.82) is 0 Å². The lowest BCUT2D eigenvalue weighted by Crippen LogP contribution is -2.15. The molecule has 0 aliphatic heterocycles. The summed E-state index contributed by atoms with van der Waals surface area (Å²) in [5.74, 6) is -1.70. The minimum Gasteiger partial charge on any atom is -0.382 e. The van der Waals surface area contributed by atoms with Crippen LogP contribution in [-0.4, -0.2) is 16.3 Å². The summed E-state index contributed by atoms with van der Waals surface area (Å²) < 4.78 is 0. The first kappa shape index (κ1) is 14.0. The first-order chi connectivity index (χ1) is 9.03. The van der Waals surface area contributed by atoms with Crippen molar-refractivity contribution in [3.05, 3.63) is 71.8 Å². The Bertz CT molecular complexity index is 522. The number of hydrogen-bond acceptors (Lipinski definition) is 3. The van der Waals surface area contributed by atoms with E-state index in [1.807, 2.05) is 48.5 Å². The zero-order valence-electron chi connectivity index (χ0n) is 10.6. The van der Waals surface area contributed by atoms with Crippen molar-refractivity contribution in [2.24, 2.45) is 5.73 Å². The Morgan fingerprint density at radius 1 is 0.895 bits per heavy atom. The Morgan fingerprint density at radius 2 is 1.32 bits per heavy atom. The second-order valence-electron chi connectivity index (χ2n) is 4.53. The van der Waals surface area contributed by atoms with E-state index in [1.54, 1.807) is 12.1 Å². The van der Waals surface area contributed by atoms with Crippen LogP contribution in [0.25, 0.3) is 0 Å². The average molecular weight is 275 g/mol. The van der Waals surface area contributed by atoms with Gasteiger partial charge in [0, 0.05) is 7.11 Å². The van der Waals surface area contributed by atoms with Crippen LogP contribution in [0.15, 0.2) is 60.7 Å². The highest BCUT2D eigenvalue weighted by Crippen LogP contribution is 2.61. The molecule has 0 fully saturated rings. The van der Waals surface area contributed by atoms with Crippen molar-refractivity contribution in [3.8, 4) is 0 Å². The van der Waals surface area contributed by atoms with Crippen LogP contribution in [0.5, 0.6) is 0 Å². The highest BCUT2D eigenvalue weighted by atomic mass is 31.2. The topological polar surface area (TPSA) is 66.5 Å². The predicted octanol–water partition coefficient (Wildman–Crippen LogP) is 2.69. The van der Waals surface area contributed by atoms with Crippen LogP contribution in [0, 0.1) is 0 Å². The zero-order chi connectivity index (χ0) is 13.9. The summed E-state index contributed by atoms with van der Waals surface area (Å²) in [4.78, 5) is 10.6. The fourth-order valence-electron chi connectivity index (χ4n) is 1.94.